The summed E-state index contributed by atoms with van der Waals surface area (Å²) < 4.78 is 13.7. The molecule has 2 rings (SSSR count). The Labute approximate surface area is 129 Å². The van der Waals surface area contributed by atoms with Crippen molar-refractivity contribution >= 4 is 39.2 Å². The third kappa shape index (κ3) is 2.97. The fraction of sp³-hybridized carbons (Fsp3) is 0.357. The molecule has 1 aliphatic rings. The zero-order valence-corrected chi connectivity index (χ0v) is 13.2. The summed E-state index contributed by atoms with van der Waals surface area (Å²) in [5.74, 6) is -2.03. The first kappa shape index (κ1) is 15.6. The van der Waals surface area contributed by atoms with Crippen LogP contribution >= 0.6 is 15.9 Å². The van der Waals surface area contributed by atoms with E-state index in [9.17, 15) is 18.8 Å². The highest BCUT2D eigenvalue weighted by Gasteiger charge is 2.37. The van der Waals surface area contributed by atoms with E-state index in [4.69, 9.17) is 0 Å². The highest BCUT2D eigenvalue weighted by atomic mass is 79.9. The van der Waals surface area contributed by atoms with Crippen LogP contribution in [0.15, 0.2) is 16.6 Å². The quantitative estimate of drug-likeness (QED) is 0.775. The average Bonchev–Trinajstić information content (AvgIpc) is 2.64. The van der Waals surface area contributed by atoms with Crippen LogP contribution in [0.4, 0.5) is 10.1 Å². The predicted molar refractivity (Wildman–Crippen MR) is 78.7 cm³/mol. The van der Waals surface area contributed by atoms with Gasteiger partial charge in [-0.15, -0.1) is 0 Å². The van der Waals surface area contributed by atoms with Gasteiger partial charge in [0.05, 0.1) is 11.3 Å². The van der Waals surface area contributed by atoms with Crippen molar-refractivity contribution in [3.05, 3.63) is 28.0 Å². The Kier molecular flexibility index (Phi) is 4.41. The molecule has 1 heterocycles. The maximum absolute atomic E-state index is 13.3. The lowest BCUT2D eigenvalue weighted by atomic mass is 10.1. The molecule has 0 saturated carbocycles. The minimum atomic E-state index is -0.718. The average molecular weight is 357 g/mol. The Morgan fingerprint density at radius 2 is 2.00 bits per heavy atom. The SMILES string of the molecule is CN(C)C(=O)CCCN1C(=O)C(=O)c2cc(F)cc(Br)c21. The van der Waals surface area contributed by atoms with Gasteiger partial charge in [0.2, 0.25) is 5.91 Å². The van der Waals surface area contributed by atoms with E-state index in [-0.39, 0.29) is 24.4 Å². The minimum Gasteiger partial charge on any atom is -0.349 e. The van der Waals surface area contributed by atoms with Gasteiger partial charge in [-0.2, -0.15) is 0 Å². The summed E-state index contributed by atoms with van der Waals surface area (Å²) in [6.45, 7) is 0.237. The Morgan fingerprint density at radius 3 is 2.62 bits per heavy atom. The number of rotatable bonds is 4. The topological polar surface area (TPSA) is 57.7 Å². The predicted octanol–water partition coefficient (Wildman–Crippen LogP) is 1.99. The molecule has 0 N–H and O–H groups in total. The third-order valence-electron chi connectivity index (χ3n) is 3.25. The molecule has 0 radical (unpaired) electrons. The first-order valence-electron chi connectivity index (χ1n) is 6.38. The van der Waals surface area contributed by atoms with E-state index in [0.29, 0.717) is 16.6 Å². The fourth-order valence-corrected chi connectivity index (χ4v) is 2.82. The number of fused-ring (bicyclic) bond motifs is 1. The molecule has 21 heavy (non-hydrogen) atoms. The van der Waals surface area contributed by atoms with Crippen LogP contribution in [0.1, 0.15) is 23.2 Å². The number of amides is 2. The minimum absolute atomic E-state index is 0.0497. The molecular formula is C14H14BrFN2O3. The molecule has 2 amide bonds. The van der Waals surface area contributed by atoms with E-state index in [0.717, 1.165) is 6.07 Å². The summed E-state index contributed by atoms with van der Waals surface area (Å²) >= 11 is 3.18. The highest BCUT2D eigenvalue weighted by Crippen LogP contribution is 2.37. The molecule has 1 aliphatic heterocycles. The van der Waals surface area contributed by atoms with Gasteiger partial charge in [-0.3, -0.25) is 14.4 Å². The number of Topliss-reactive ketones (excluding diaryl/α,β-unsaturated/α-hetero) is 1. The molecule has 112 valence electrons. The first-order chi connectivity index (χ1) is 9.82. The first-order valence-corrected chi connectivity index (χ1v) is 7.17. The summed E-state index contributed by atoms with van der Waals surface area (Å²) in [6, 6.07) is 2.27. The van der Waals surface area contributed by atoms with Crippen molar-refractivity contribution in [3.63, 3.8) is 0 Å². The summed E-state index contributed by atoms with van der Waals surface area (Å²) in [5, 5.41) is 0. The van der Waals surface area contributed by atoms with Crippen molar-refractivity contribution in [2.24, 2.45) is 0 Å². The van der Waals surface area contributed by atoms with Crippen molar-refractivity contribution in [2.45, 2.75) is 12.8 Å². The number of halogens is 2. The molecule has 7 heteroatoms. The molecule has 1 aromatic carbocycles. The molecule has 0 spiro atoms. The highest BCUT2D eigenvalue weighted by molar-refractivity contribution is 9.10. The Morgan fingerprint density at radius 1 is 1.33 bits per heavy atom. The van der Waals surface area contributed by atoms with Gasteiger partial charge in [0.1, 0.15) is 5.82 Å². The Bertz CT molecular complexity index is 631. The maximum Gasteiger partial charge on any atom is 0.299 e. The monoisotopic (exact) mass is 356 g/mol. The Balaban J connectivity index is 2.18. The largest absolute Gasteiger partial charge is 0.349 e. The fourth-order valence-electron chi connectivity index (χ4n) is 2.18. The van der Waals surface area contributed by atoms with Crippen molar-refractivity contribution < 1.29 is 18.8 Å². The molecule has 0 aromatic heterocycles. The van der Waals surface area contributed by atoms with Crippen LogP contribution in [0.2, 0.25) is 0 Å². The van der Waals surface area contributed by atoms with E-state index in [1.54, 1.807) is 14.1 Å². The summed E-state index contributed by atoms with van der Waals surface area (Å²) in [6.07, 6.45) is 0.707. The van der Waals surface area contributed by atoms with Gasteiger partial charge in [0.25, 0.3) is 11.7 Å². The molecule has 0 bridgehead atoms. The molecule has 0 atom stereocenters. The number of ketones is 1. The molecule has 5 nitrogen and oxygen atoms in total. The second kappa shape index (κ2) is 5.93. The van der Waals surface area contributed by atoms with Crippen LogP contribution in [-0.2, 0) is 9.59 Å². The lowest BCUT2D eigenvalue weighted by Crippen LogP contribution is -2.32. The van der Waals surface area contributed by atoms with Crippen LogP contribution < -0.4 is 4.90 Å². The standard InChI is InChI=1S/C14H14BrFN2O3/c1-17(2)11(19)4-3-5-18-12-9(13(20)14(18)21)6-8(16)7-10(12)15/h6-7H,3-5H2,1-2H3. The second-order valence-corrected chi connectivity index (χ2v) is 5.82. The number of benzene rings is 1. The zero-order valence-electron chi connectivity index (χ0n) is 11.7. The van der Waals surface area contributed by atoms with Crippen molar-refractivity contribution in [2.75, 3.05) is 25.5 Å². The van der Waals surface area contributed by atoms with E-state index < -0.39 is 17.5 Å². The molecule has 1 aromatic rings. The van der Waals surface area contributed by atoms with Crippen molar-refractivity contribution in [1.29, 1.82) is 0 Å². The number of carbonyl (C=O) groups excluding carboxylic acids is 3. The van der Waals surface area contributed by atoms with E-state index in [1.807, 2.05) is 0 Å². The van der Waals surface area contributed by atoms with Gasteiger partial charge < -0.3 is 9.80 Å². The third-order valence-corrected chi connectivity index (χ3v) is 3.86. The van der Waals surface area contributed by atoms with Crippen LogP contribution in [0, 0.1) is 5.82 Å². The summed E-state index contributed by atoms with van der Waals surface area (Å²) in [5.41, 5.74) is 0.439. The van der Waals surface area contributed by atoms with Gasteiger partial charge in [0, 0.05) is 31.5 Å². The number of carbonyl (C=O) groups is 3. The Hall–Kier alpha value is -1.76. The second-order valence-electron chi connectivity index (χ2n) is 4.96. The van der Waals surface area contributed by atoms with Gasteiger partial charge in [-0.05, 0) is 34.5 Å². The molecule has 0 saturated heterocycles. The number of hydrogen-bond acceptors (Lipinski definition) is 3. The number of nitrogens with zero attached hydrogens (tertiary/aromatic N) is 2. The van der Waals surface area contributed by atoms with Crippen LogP contribution in [-0.4, -0.2) is 43.1 Å². The van der Waals surface area contributed by atoms with E-state index in [2.05, 4.69) is 15.9 Å². The van der Waals surface area contributed by atoms with Gasteiger partial charge >= 0.3 is 0 Å². The van der Waals surface area contributed by atoms with E-state index >= 15 is 0 Å². The maximum atomic E-state index is 13.3. The molecule has 0 aliphatic carbocycles. The zero-order chi connectivity index (χ0) is 15.7. The molecule has 0 unspecified atom stereocenters. The summed E-state index contributed by atoms with van der Waals surface area (Å²) in [4.78, 5) is 38.1. The smallest absolute Gasteiger partial charge is 0.299 e. The number of anilines is 1. The van der Waals surface area contributed by atoms with Gasteiger partial charge in [-0.1, -0.05) is 0 Å². The van der Waals surface area contributed by atoms with Crippen molar-refractivity contribution in [3.8, 4) is 0 Å². The van der Waals surface area contributed by atoms with Crippen LogP contribution in [0.3, 0.4) is 0 Å². The summed E-state index contributed by atoms with van der Waals surface area (Å²) in [7, 11) is 3.31. The van der Waals surface area contributed by atoms with Crippen LogP contribution in [0.5, 0.6) is 0 Å². The lowest BCUT2D eigenvalue weighted by molar-refractivity contribution is -0.128. The van der Waals surface area contributed by atoms with Gasteiger partial charge in [0.15, 0.2) is 0 Å². The number of hydrogen-bond donors (Lipinski definition) is 0. The molecular weight excluding hydrogens is 343 g/mol. The molecule has 0 fully saturated rings. The van der Waals surface area contributed by atoms with Crippen molar-refractivity contribution in [1.82, 2.24) is 4.90 Å². The van der Waals surface area contributed by atoms with E-state index in [1.165, 1.54) is 15.9 Å². The normalized spacial score (nSPS) is 13.6. The van der Waals surface area contributed by atoms with Gasteiger partial charge in [-0.25, -0.2) is 4.39 Å². The van der Waals surface area contributed by atoms with Crippen LogP contribution in [0.25, 0.3) is 0 Å². The lowest BCUT2D eigenvalue weighted by Gasteiger charge is -2.18.